The Morgan fingerprint density at radius 2 is 0.846 bits per heavy atom. The summed E-state index contributed by atoms with van der Waals surface area (Å²) >= 11 is 4.56. The van der Waals surface area contributed by atoms with Crippen molar-refractivity contribution in [2.75, 3.05) is 59.8 Å². The number of aromatic nitrogens is 14. The number of nitrogens with one attached hydrogen (secondary N) is 1. The molecule has 14 N–H and O–H groups in total. The van der Waals surface area contributed by atoms with Gasteiger partial charge in [-0.2, -0.15) is 0 Å². The Balaban J connectivity index is 0.000000156. The van der Waals surface area contributed by atoms with Gasteiger partial charge in [0, 0.05) is 85.0 Å². The number of carboxylic acid groups (broad SMARTS) is 1. The zero-order chi connectivity index (χ0) is 73.7. The lowest BCUT2D eigenvalue weighted by Crippen LogP contribution is -2.33. The third-order valence-corrected chi connectivity index (χ3v) is 18.3. The monoisotopic (exact) mass is 1520 g/mol. The van der Waals surface area contributed by atoms with Gasteiger partial charge in [-0.3, -0.25) is 8.42 Å². The number of halogens is 1. The van der Waals surface area contributed by atoms with Gasteiger partial charge in [0.25, 0.3) is 17.7 Å². The van der Waals surface area contributed by atoms with E-state index in [2.05, 4.69) is 86.7 Å². The van der Waals surface area contributed by atoms with E-state index in [1.807, 2.05) is 172 Å². The van der Waals surface area contributed by atoms with E-state index in [4.69, 9.17) is 62.5 Å². The summed E-state index contributed by atoms with van der Waals surface area (Å²) in [5.74, 6) is 2.24. The second kappa shape index (κ2) is 35.6. The number of amides is 1. The molecular weight excluding hydrogens is 1460 g/mol. The number of nitrogen functional groups attached to an aromatic ring is 4. The van der Waals surface area contributed by atoms with Gasteiger partial charge in [0.2, 0.25) is 17.7 Å². The minimum absolute atomic E-state index is 0.0827. The number of thioether (sulfide) groups is 1. The molecule has 13 rings (SSSR count). The number of aromatic carboxylic acids is 1. The number of carboxylic acids is 1. The quantitative estimate of drug-likeness (QED) is 0.0259. The molecule has 0 aliphatic carbocycles. The van der Waals surface area contributed by atoms with Gasteiger partial charge < -0.3 is 62.8 Å². The highest BCUT2D eigenvalue weighted by atomic mass is 79.9. The molecule has 0 fully saturated rings. The number of hydrogen-bond acceptors (Lipinski definition) is 29. The largest absolute Gasteiger partial charge is 0.476 e. The Morgan fingerprint density at radius 3 is 1.23 bits per heavy atom. The van der Waals surface area contributed by atoms with Gasteiger partial charge in [-0.1, -0.05) is 109 Å². The van der Waals surface area contributed by atoms with Crippen molar-refractivity contribution < 1.29 is 41.1 Å². The highest BCUT2D eigenvalue weighted by molar-refractivity contribution is 9.10. The number of ether oxygens (including phenoxy) is 1. The predicted molar refractivity (Wildman–Crippen MR) is 399 cm³/mol. The van der Waals surface area contributed by atoms with Crippen molar-refractivity contribution in [3.8, 4) is 103 Å². The number of nitrogens with zero attached hydrogens (tertiary/aromatic N) is 14. The molecule has 13 aromatic rings. The van der Waals surface area contributed by atoms with Crippen LogP contribution in [0, 0.1) is 0 Å². The van der Waals surface area contributed by atoms with Crippen LogP contribution in [0.15, 0.2) is 221 Å². The molecule has 30 nitrogen and oxygen atoms in total. The molecule has 0 bridgehead atoms. The number of carbonyl (C=O) groups is 2. The molecule has 1 amide bonds. The number of rotatable bonds is 20. The summed E-state index contributed by atoms with van der Waals surface area (Å²) in [5, 5.41) is 35.8. The van der Waals surface area contributed by atoms with Crippen LogP contribution in [0.2, 0.25) is 0 Å². The molecule has 0 saturated heterocycles. The first-order chi connectivity index (χ1) is 50.2. The summed E-state index contributed by atoms with van der Waals surface area (Å²) in [6.45, 7) is 6.59. The van der Waals surface area contributed by atoms with Crippen LogP contribution in [-0.2, 0) is 26.3 Å². The number of nitrogens with two attached hydrogens (primary N) is 6. The fourth-order valence-corrected chi connectivity index (χ4v) is 12.6. The fourth-order valence-electron chi connectivity index (χ4n) is 9.26. The summed E-state index contributed by atoms with van der Waals surface area (Å²) < 4.78 is 48.1. The van der Waals surface area contributed by atoms with Crippen molar-refractivity contribution in [3.63, 3.8) is 0 Å². The van der Waals surface area contributed by atoms with Crippen molar-refractivity contribution in [1.29, 1.82) is 0 Å². The summed E-state index contributed by atoms with van der Waals surface area (Å²) in [5.41, 5.74) is 40.8. The van der Waals surface area contributed by atoms with Gasteiger partial charge in [0.15, 0.2) is 46.0 Å². The summed E-state index contributed by atoms with van der Waals surface area (Å²) in [6.07, 6.45) is 5.58. The Labute approximate surface area is 611 Å². The van der Waals surface area contributed by atoms with Crippen molar-refractivity contribution in [3.05, 3.63) is 199 Å². The first-order valence-electron chi connectivity index (χ1n) is 31.4. The highest BCUT2D eigenvalue weighted by Gasteiger charge is 2.24. The first-order valence-corrected chi connectivity index (χ1v) is 35.8. The molecule has 0 saturated carbocycles. The maximum Gasteiger partial charge on any atom is 0.407 e. The molecule has 34 heteroatoms. The SMILES string of the molecule is CC(C)(C)OC(=O)NCCSc1ccccc1-c1cnc(N)c(-c2nnc(-c3ccccc3)o2)n1.NCCS(=O)c1ccccc1-c1cnc(N)c(-c2nnc(-c3ccccc3)o2)n1.NCCS(=O)c1ccccc1-c1cnc(N)c(-c2nnc(-c3ccccc3)o2)n1.Nc1ncc(Br)nc1C(=O)O. The van der Waals surface area contributed by atoms with Gasteiger partial charge in [-0.15, -0.1) is 42.4 Å². The van der Waals surface area contributed by atoms with Crippen LogP contribution in [-0.4, -0.2) is 139 Å². The lowest BCUT2D eigenvalue weighted by molar-refractivity contribution is 0.0530. The molecule has 2 atom stereocenters. The highest BCUT2D eigenvalue weighted by Crippen LogP contribution is 2.35. The number of hydrogen-bond donors (Lipinski definition) is 8. The van der Waals surface area contributed by atoms with E-state index >= 15 is 0 Å². The zero-order valence-corrected chi connectivity index (χ0v) is 59.7. The van der Waals surface area contributed by atoms with Crippen molar-refractivity contribution >= 4 is 84.6 Å². The lowest BCUT2D eigenvalue weighted by Gasteiger charge is -2.19. The minimum Gasteiger partial charge on any atom is -0.476 e. The number of benzene rings is 6. The predicted octanol–water partition coefficient (Wildman–Crippen LogP) is 10.6. The number of alkyl carbamates (subject to hydrolysis) is 1. The van der Waals surface area contributed by atoms with E-state index in [0.717, 1.165) is 27.1 Å². The second-order valence-electron chi connectivity index (χ2n) is 22.5. The Morgan fingerprint density at radius 1 is 0.490 bits per heavy atom. The van der Waals surface area contributed by atoms with Crippen LogP contribution in [0.5, 0.6) is 0 Å². The van der Waals surface area contributed by atoms with Gasteiger partial charge in [-0.05, 0) is 91.3 Å². The van der Waals surface area contributed by atoms with Gasteiger partial charge in [0.1, 0.15) is 10.2 Å². The van der Waals surface area contributed by atoms with Crippen molar-refractivity contribution in [1.82, 2.24) is 75.8 Å². The normalized spacial score (nSPS) is 11.5. The third kappa shape index (κ3) is 19.8. The van der Waals surface area contributed by atoms with Crippen LogP contribution >= 0.6 is 27.7 Å². The van der Waals surface area contributed by atoms with Gasteiger partial charge >= 0.3 is 12.1 Å². The van der Waals surface area contributed by atoms with E-state index in [1.165, 1.54) is 18.6 Å². The maximum absolute atomic E-state index is 12.5. The second-order valence-corrected chi connectivity index (χ2v) is 27.5. The van der Waals surface area contributed by atoms with E-state index in [0.29, 0.717) is 103 Å². The van der Waals surface area contributed by atoms with Crippen LogP contribution in [0.4, 0.5) is 28.1 Å². The van der Waals surface area contributed by atoms with Crippen LogP contribution in [0.3, 0.4) is 0 Å². The molecule has 0 aliphatic rings. The number of anilines is 4. The molecule has 0 spiro atoms. The standard InChI is InChI=1S/C25H26N6O3S.2C20H18N6O2S.C5H4BrN3O2/c1-25(2,3)34-24(32)27-13-14-35-19-12-8-7-11-17(19)18-15-28-21(26)20(29-18)23-31-30-22(33-23)16-9-5-4-6-10-16;2*21-10-11-29(27)16-9-5-4-8-14(16)15-12-23-18(22)17(24-15)20-26-25-19(28-20)13-6-2-1-3-7-13;6-2-1-8-4(7)3(9-2)5(10)11/h4-12,15H,13-14H2,1-3H3,(H2,26,28)(H,27,32);2*1-9,12H,10-11,21H2,(H2,22,23);1H,(H2,7,8)(H,10,11). The molecule has 0 radical (unpaired) electrons. The number of carbonyl (C=O) groups excluding carboxylic acids is 1. The summed E-state index contributed by atoms with van der Waals surface area (Å²) in [4.78, 5) is 58.3. The molecule has 104 heavy (non-hydrogen) atoms. The topological polar surface area (TPSA) is 486 Å². The van der Waals surface area contributed by atoms with E-state index < -0.39 is 39.3 Å². The first kappa shape index (κ1) is 74.7. The van der Waals surface area contributed by atoms with Crippen LogP contribution < -0.4 is 39.7 Å². The molecule has 6 aromatic carbocycles. The molecule has 2 unspecified atom stereocenters. The maximum atomic E-state index is 12.5. The zero-order valence-electron chi connectivity index (χ0n) is 55.7. The Bertz CT molecular complexity index is 4950. The molecule has 0 aliphatic heterocycles. The molecule has 7 heterocycles. The molecular formula is C70H66BrN21O9S3. The van der Waals surface area contributed by atoms with E-state index in [-0.39, 0.29) is 58.0 Å². The molecule has 7 aromatic heterocycles. The van der Waals surface area contributed by atoms with Gasteiger partial charge in [0.05, 0.1) is 63.5 Å². The molecule has 530 valence electrons. The lowest BCUT2D eigenvalue weighted by atomic mass is 10.1. The van der Waals surface area contributed by atoms with Crippen LogP contribution in [0.25, 0.3) is 103 Å². The third-order valence-electron chi connectivity index (χ3n) is 13.9. The Hall–Kier alpha value is -12.0. The van der Waals surface area contributed by atoms with Crippen LogP contribution in [0.1, 0.15) is 31.3 Å². The average molecular weight is 1520 g/mol. The van der Waals surface area contributed by atoms with Gasteiger partial charge in [-0.25, -0.2) is 49.5 Å². The average Bonchev–Trinajstić information content (AvgIpc) is 1.56. The van der Waals surface area contributed by atoms with Crippen molar-refractivity contribution in [2.45, 2.75) is 41.1 Å². The Kier molecular flexibility index (Phi) is 25.6. The summed E-state index contributed by atoms with van der Waals surface area (Å²) in [6, 6.07) is 50.7. The minimum atomic E-state index is -1.25. The van der Waals surface area contributed by atoms with E-state index in [1.54, 1.807) is 30.1 Å². The smallest absolute Gasteiger partial charge is 0.407 e. The van der Waals surface area contributed by atoms with E-state index in [9.17, 15) is 18.0 Å². The van der Waals surface area contributed by atoms with Crippen molar-refractivity contribution in [2.24, 2.45) is 11.5 Å². The summed E-state index contributed by atoms with van der Waals surface area (Å²) in [7, 11) is -2.50. The fraction of sp³-hybridized carbons (Fsp3) is 0.143.